The second-order valence-electron chi connectivity index (χ2n) is 5.18. The molecule has 1 rings (SSSR count). The number of carbonyl (C=O) groups is 1. The molecule has 0 aromatic carbocycles. The molecule has 0 aliphatic carbocycles. The lowest BCUT2D eigenvalue weighted by atomic mass is 9.87. The zero-order valence-corrected chi connectivity index (χ0v) is 11.3. The fraction of sp³-hybridized carbons (Fsp3) is 0.500. The molecule has 3 N–H and O–H groups in total. The highest BCUT2D eigenvalue weighted by Crippen LogP contribution is 2.22. The monoisotopic (exact) mass is 255 g/mol. The molecule has 0 unspecified atom stereocenters. The summed E-state index contributed by atoms with van der Waals surface area (Å²) in [4.78, 5) is 15.9. The van der Waals surface area contributed by atoms with Gasteiger partial charge in [0.15, 0.2) is 5.15 Å². The van der Waals surface area contributed by atoms with Gasteiger partial charge in [0, 0.05) is 6.20 Å². The van der Waals surface area contributed by atoms with Gasteiger partial charge in [0.25, 0.3) is 0 Å². The lowest BCUT2D eigenvalue weighted by molar-refractivity contribution is -0.119. The third kappa shape index (κ3) is 3.68. The largest absolute Gasteiger partial charge is 0.322 e. The number of hydrogen-bond donors (Lipinski definition) is 2. The Balaban J connectivity index is 2.85. The molecule has 0 aliphatic rings. The van der Waals surface area contributed by atoms with Crippen molar-refractivity contribution in [1.82, 2.24) is 4.98 Å². The van der Waals surface area contributed by atoms with Gasteiger partial charge < -0.3 is 11.1 Å². The van der Waals surface area contributed by atoms with Crippen molar-refractivity contribution in [2.45, 2.75) is 33.7 Å². The molecule has 0 saturated carbocycles. The highest BCUT2D eigenvalue weighted by Gasteiger charge is 2.27. The lowest BCUT2D eigenvalue weighted by Gasteiger charge is -2.25. The van der Waals surface area contributed by atoms with Crippen molar-refractivity contribution >= 4 is 23.2 Å². The van der Waals surface area contributed by atoms with Crippen LogP contribution in [-0.2, 0) is 4.79 Å². The molecule has 5 heteroatoms. The van der Waals surface area contributed by atoms with E-state index in [1.54, 1.807) is 12.3 Å². The number of aryl methyl sites for hydroxylation is 1. The number of halogens is 1. The number of aromatic nitrogens is 1. The van der Waals surface area contributed by atoms with Gasteiger partial charge in [-0.15, -0.1) is 0 Å². The van der Waals surface area contributed by atoms with E-state index in [1.807, 2.05) is 27.7 Å². The maximum Gasteiger partial charge on any atom is 0.241 e. The fourth-order valence-corrected chi connectivity index (χ4v) is 1.39. The van der Waals surface area contributed by atoms with Gasteiger partial charge in [-0.05, 0) is 24.0 Å². The van der Waals surface area contributed by atoms with Crippen molar-refractivity contribution in [1.29, 1.82) is 0 Å². The van der Waals surface area contributed by atoms with Crippen LogP contribution in [0.1, 0.15) is 26.3 Å². The summed E-state index contributed by atoms with van der Waals surface area (Å²) in [7, 11) is 0. The van der Waals surface area contributed by atoms with Crippen LogP contribution in [0.5, 0.6) is 0 Å². The van der Waals surface area contributed by atoms with E-state index in [-0.39, 0.29) is 16.5 Å². The lowest BCUT2D eigenvalue weighted by Crippen LogP contribution is -2.45. The topological polar surface area (TPSA) is 68.0 Å². The Bertz CT molecular complexity index is 426. The Hall–Kier alpha value is -1.13. The number of anilines is 1. The second kappa shape index (κ2) is 5.02. The summed E-state index contributed by atoms with van der Waals surface area (Å²) in [6.07, 6.45) is 1.64. The van der Waals surface area contributed by atoms with E-state index in [9.17, 15) is 4.79 Å². The number of nitrogens with zero attached hydrogens (tertiary/aromatic N) is 1. The van der Waals surface area contributed by atoms with Gasteiger partial charge in [-0.3, -0.25) is 4.79 Å². The minimum Gasteiger partial charge on any atom is -0.322 e. The van der Waals surface area contributed by atoms with Crippen molar-refractivity contribution < 1.29 is 4.79 Å². The summed E-state index contributed by atoms with van der Waals surface area (Å²) in [6.45, 7) is 7.61. The second-order valence-corrected chi connectivity index (χ2v) is 5.54. The maximum atomic E-state index is 11.9. The number of carbonyl (C=O) groups excluding carboxylic acids is 1. The van der Waals surface area contributed by atoms with Crippen molar-refractivity contribution in [3.8, 4) is 0 Å². The highest BCUT2D eigenvalue weighted by atomic mass is 35.5. The van der Waals surface area contributed by atoms with E-state index < -0.39 is 6.04 Å². The molecule has 0 radical (unpaired) electrons. The quantitative estimate of drug-likeness (QED) is 0.797. The highest BCUT2D eigenvalue weighted by molar-refractivity contribution is 6.32. The van der Waals surface area contributed by atoms with Gasteiger partial charge in [0.05, 0.1) is 11.7 Å². The van der Waals surface area contributed by atoms with Crippen LogP contribution in [0.3, 0.4) is 0 Å². The number of rotatable bonds is 2. The standard InChI is InChI=1S/C12H18ClN3O/c1-7-5-8(10(13)15-6-7)16-11(17)9(14)12(2,3)4/h5-6,9H,14H2,1-4H3,(H,16,17)/t9-/m0/s1. The van der Waals surface area contributed by atoms with E-state index in [2.05, 4.69) is 10.3 Å². The first kappa shape index (κ1) is 13.9. The first-order valence-corrected chi connectivity index (χ1v) is 5.78. The zero-order valence-electron chi connectivity index (χ0n) is 10.5. The average molecular weight is 256 g/mol. The normalized spacial score (nSPS) is 13.3. The van der Waals surface area contributed by atoms with Gasteiger partial charge in [0.1, 0.15) is 0 Å². The van der Waals surface area contributed by atoms with Crippen LogP contribution in [0.15, 0.2) is 12.3 Å². The number of hydrogen-bond acceptors (Lipinski definition) is 3. The summed E-state index contributed by atoms with van der Waals surface area (Å²) < 4.78 is 0. The Morgan fingerprint density at radius 3 is 2.65 bits per heavy atom. The summed E-state index contributed by atoms with van der Waals surface area (Å²) >= 11 is 5.89. The van der Waals surface area contributed by atoms with Crippen molar-refractivity contribution in [3.63, 3.8) is 0 Å². The van der Waals surface area contributed by atoms with Crippen molar-refractivity contribution in [2.75, 3.05) is 5.32 Å². The molecule has 4 nitrogen and oxygen atoms in total. The predicted octanol–water partition coefficient (Wildman–Crippen LogP) is 2.36. The average Bonchev–Trinajstić information content (AvgIpc) is 2.21. The summed E-state index contributed by atoms with van der Waals surface area (Å²) in [5, 5.41) is 2.97. The maximum absolute atomic E-state index is 11.9. The molecule has 1 aromatic heterocycles. The first-order valence-electron chi connectivity index (χ1n) is 5.40. The molecular weight excluding hydrogens is 238 g/mol. The molecule has 1 aromatic rings. The molecule has 17 heavy (non-hydrogen) atoms. The molecule has 94 valence electrons. The van der Waals surface area contributed by atoms with Gasteiger partial charge in [-0.2, -0.15) is 0 Å². The minimum atomic E-state index is -0.598. The molecule has 0 saturated heterocycles. The van der Waals surface area contributed by atoms with Gasteiger partial charge >= 0.3 is 0 Å². The molecular formula is C12H18ClN3O. The van der Waals surface area contributed by atoms with Gasteiger partial charge in [-0.25, -0.2) is 4.98 Å². The Labute approximate surface area is 107 Å². The van der Waals surface area contributed by atoms with Crippen LogP contribution in [0.4, 0.5) is 5.69 Å². The first-order chi connectivity index (χ1) is 7.71. The summed E-state index contributed by atoms with van der Waals surface area (Å²) in [5.74, 6) is -0.258. The van der Waals surface area contributed by atoms with Crippen LogP contribution in [0, 0.1) is 12.3 Å². The van der Waals surface area contributed by atoms with Gasteiger partial charge in [-0.1, -0.05) is 32.4 Å². The third-order valence-electron chi connectivity index (χ3n) is 2.45. The minimum absolute atomic E-state index is 0.258. The van der Waals surface area contributed by atoms with Crippen LogP contribution >= 0.6 is 11.6 Å². The Morgan fingerprint density at radius 2 is 2.12 bits per heavy atom. The Kier molecular flexibility index (Phi) is 4.11. The molecule has 1 atom stereocenters. The molecule has 0 aliphatic heterocycles. The summed E-state index contributed by atoms with van der Waals surface area (Å²) in [5.41, 5.74) is 6.98. The van der Waals surface area contributed by atoms with Gasteiger partial charge in [0.2, 0.25) is 5.91 Å². The van der Waals surface area contributed by atoms with Crippen molar-refractivity contribution in [2.24, 2.45) is 11.1 Å². The zero-order chi connectivity index (χ0) is 13.2. The van der Waals surface area contributed by atoms with Crippen LogP contribution in [0.2, 0.25) is 5.15 Å². The van der Waals surface area contributed by atoms with E-state index >= 15 is 0 Å². The molecule has 1 amide bonds. The van der Waals surface area contributed by atoms with Crippen LogP contribution in [0.25, 0.3) is 0 Å². The van der Waals surface area contributed by atoms with E-state index in [0.29, 0.717) is 5.69 Å². The molecule has 0 bridgehead atoms. The Morgan fingerprint density at radius 1 is 1.53 bits per heavy atom. The molecule has 0 spiro atoms. The predicted molar refractivity (Wildman–Crippen MR) is 70.0 cm³/mol. The van der Waals surface area contributed by atoms with Crippen molar-refractivity contribution in [3.05, 3.63) is 23.0 Å². The number of amides is 1. The molecule has 1 heterocycles. The third-order valence-corrected chi connectivity index (χ3v) is 2.75. The number of pyridine rings is 1. The SMILES string of the molecule is Cc1cnc(Cl)c(NC(=O)[C@H](N)C(C)(C)C)c1. The van der Waals surface area contributed by atoms with E-state index in [1.165, 1.54) is 0 Å². The van der Waals surface area contributed by atoms with Crippen LogP contribution in [-0.4, -0.2) is 16.9 Å². The van der Waals surface area contributed by atoms with E-state index in [4.69, 9.17) is 17.3 Å². The number of nitrogens with one attached hydrogen (secondary N) is 1. The van der Waals surface area contributed by atoms with E-state index in [0.717, 1.165) is 5.56 Å². The smallest absolute Gasteiger partial charge is 0.241 e. The molecule has 0 fully saturated rings. The fourth-order valence-electron chi connectivity index (χ4n) is 1.24. The van der Waals surface area contributed by atoms with Crippen LogP contribution < -0.4 is 11.1 Å². The number of nitrogens with two attached hydrogens (primary N) is 1. The summed E-state index contributed by atoms with van der Waals surface area (Å²) in [6, 6.07) is 1.17.